The van der Waals surface area contributed by atoms with Gasteiger partial charge >= 0.3 is 0 Å². The standard InChI is InChI=1S/C22H35N3O5S2/c1-17(2)18-7-9-21(10-8-18)32(29,30)24-14-11-19(12-15-24)22(26)25-13-5-4-6-20(25)16-23-31(3,27)28/h7-10,17,19-20,23H,4-6,11-16H2,1-3H3/t20-/m1/s1. The van der Waals surface area contributed by atoms with Gasteiger partial charge in [0.25, 0.3) is 0 Å². The minimum Gasteiger partial charge on any atom is -0.338 e. The van der Waals surface area contributed by atoms with E-state index in [1.807, 2.05) is 12.1 Å². The van der Waals surface area contributed by atoms with Crippen LogP contribution in [0.5, 0.6) is 0 Å². The monoisotopic (exact) mass is 485 g/mol. The molecule has 1 aromatic carbocycles. The van der Waals surface area contributed by atoms with Crippen LogP contribution in [0.1, 0.15) is 57.4 Å². The molecule has 32 heavy (non-hydrogen) atoms. The number of carbonyl (C=O) groups excluding carboxylic acids is 1. The first-order chi connectivity index (χ1) is 15.0. The van der Waals surface area contributed by atoms with Gasteiger partial charge in [0.05, 0.1) is 11.2 Å². The van der Waals surface area contributed by atoms with Crippen molar-refractivity contribution in [2.24, 2.45) is 5.92 Å². The van der Waals surface area contributed by atoms with Crippen LogP contribution in [0.3, 0.4) is 0 Å². The van der Waals surface area contributed by atoms with E-state index in [4.69, 9.17) is 0 Å². The summed E-state index contributed by atoms with van der Waals surface area (Å²) < 4.78 is 53.0. The Labute approximate surface area is 192 Å². The van der Waals surface area contributed by atoms with Crippen LogP contribution in [-0.4, -0.2) is 70.4 Å². The summed E-state index contributed by atoms with van der Waals surface area (Å²) in [6.07, 6.45) is 4.71. The van der Waals surface area contributed by atoms with Gasteiger partial charge in [-0.3, -0.25) is 4.79 Å². The summed E-state index contributed by atoms with van der Waals surface area (Å²) in [5.41, 5.74) is 1.09. The van der Waals surface area contributed by atoms with E-state index < -0.39 is 20.0 Å². The zero-order valence-electron chi connectivity index (χ0n) is 19.2. The minimum absolute atomic E-state index is 0.0170. The van der Waals surface area contributed by atoms with Crippen molar-refractivity contribution >= 4 is 26.0 Å². The summed E-state index contributed by atoms with van der Waals surface area (Å²) in [4.78, 5) is 15.3. The first-order valence-electron chi connectivity index (χ1n) is 11.3. The Morgan fingerprint density at radius 3 is 2.19 bits per heavy atom. The molecule has 0 radical (unpaired) electrons. The lowest BCUT2D eigenvalue weighted by Crippen LogP contribution is -2.52. The number of carbonyl (C=O) groups is 1. The van der Waals surface area contributed by atoms with Gasteiger partial charge in [0.15, 0.2) is 0 Å². The van der Waals surface area contributed by atoms with Crippen LogP contribution in [0.4, 0.5) is 0 Å². The van der Waals surface area contributed by atoms with Crippen molar-refractivity contribution in [3.8, 4) is 0 Å². The zero-order chi connectivity index (χ0) is 23.5. The van der Waals surface area contributed by atoms with E-state index in [9.17, 15) is 21.6 Å². The maximum absolute atomic E-state index is 13.2. The van der Waals surface area contributed by atoms with Crippen LogP contribution in [0.2, 0.25) is 0 Å². The Hall–Kier alpha value is -1.49. The molecular formula is C22H35N3O5S2. The largest absolute Gasteiger partial charge is 0.338 e. The second-order valence-corrected chi connectivity index (χ2v) is 13.0. The lowest BCUT2D eigenvalue weighted by molar-refractivity contribution is -0.140. The summed E-state index contributed by atoms with van der Waals surface area (Å²) in [5, 5.41) is 0. The third-order valence-electron chi connectivity index (χ3n) is 6.48. The smallest absolute Gasteiger partial charge is 0.243 e. The van der Waals surface area contributed by atoms with Crippen LogP contribution >= 0.6 is 0 Å². The molecule has 8 nitrogen and oxygen atoms in total. The Morgan fingerprint density at radius 1 is 1.00 bits per heavy atom. The maximum atomic E-state index is 13.2. The second-order valence-electron chi connectivity index (χ2n) is 9.20. The van der Waals surface area contributed by atoms with E-state index in [2.05, 4.69) is 18.6 Å². The maximum Gasteiger partial charge on any atom is 0.243 e. The molecule has 180 valence electrons. The number of nitrogens with zero attached hydrogens (tertiary/aromatic N) is 2. The molecule has 0 unspecified atom stereocenters. The minimum atomic E-state index is -3.58. The van der Waals surface area contributed by atoms with Gasteiger partial charge < -0.3 is 4.90 Å². The summed E-state index contributed by atoms with van der Waals surface area (Å²) in [5.74, 6) is 0.117. The molecule has 0 bridgehead atoms. The van der Waals surface area contributed by atoms with Crippen molar-refractivity contribution < 1.29 is 21.6 Å². The Morgan fingerprint density at radius 2 is 1.62 bits per heavy atom. The average molecular weight is 486 g/mol. The molecule has 2 fully saturated rings. The highest BCUT2D eigenvalue weighted by molar-refractivity contribution is 7.89. The van der Waals surface area contributed by atoms with Crippen LogP contribution < -0.4 is 4.72 Å². The molecule has 1 amide bonds. The number of hydrogen-bond acceptors (Lipinski definition) is 5. The highest BCUT2D eigenvalue weighted by Gasteiger charge is 2.36. The average Bonchev–Trinajstić information content (AvgIpc) is 2.77. The van der Waals surface area contributed by atoms with Crippen LogP contribution in [0.15, 0.2) is 29.2 Å². The quantitative estimate of drug-likeness (QED) is 0.637. The number of benzene rings is 1. The third kappa shape index (κ3) is 6.09. The van der Waals surface area contributed by atoms with E-state index in [0.29, 0.717) is 38.4 Å². The number of piperidine rings is 2. The molecule has 1 aromatic rings. The van der Waals surface area contributed by atoms with Gasteiger partial charge in [-0.05, 0) is 55.7 Å². The predicted octanol–water partition coefficient (Wildman–Crippen LogP) is 2.14. The van der Waals surface area contributed by atoms with E-state index in [0.717, 1.165) is 31.1 Å². The summed E-state index contributed by atoms with van der Waals surface area (Å²) in [6.45, 7) is 5.60. The van der Waals surface area contributed by atoms with Crippen molar-refractivity contribution in [1.29, 1.82) is 0 Å². The molecule has 1 atom stereocenters. The normalized spacial score (nSPS) is 21.8. The SMILES string of the molecule is CC(C)c1ccc(S(=O)(=O)N2CCC(C(=O)N3CCCC[C@@H]3CNS(C)(=O)=O)CC2)cc1. The third-order valence-corrected chi connectivity index (χ3v) is 9.08. The van der Waals surface area contributed by atoms with Crippen molar-refractivity contribution in [2.75, 3.05) is 32.4 Å². The highest BCUT2D eigenvalue weighted by Crippen LogP contribution is 2.28. The van der Waals surface area contributed by atoms with E-state index >= 15 is 0 Å². The molecule has 2 heterocycles. The molecule has 0 aromatic heterocycles. The van der Waals surface area contributed by atoms with Crippen LogP contribution in [0, 0.1) is 5.92 Å². The Balaban J connectivity index is 1.62. The van der Waals surface area contributed by atoms with Gasteiger partial charge in [0.2, 0.25) is 26.0 Å². The fourth-order valence-corrected chi connectivity index (χ4v) is 6.47. The number of hydrogen-bond donors (Lipinski definition) is 1. The molecule has 0 spiro atoms. The van der Waals surface area contributed by atoms with Crippen LogP contribution in [0.25, 0.3) is 0 Å². The molecule has 0 aliphatic carbocycles. The van der Waals surface area contributed by atoms with Crippen LogP contribution in [-0.2, 0) is 24.8 Å². The molecule has 2 aliphatic rings. The molecule has 2 aliphatic heterocycles. The molecule has 1 N–H and O–H groups in total. The summed E-state index contributed by atoms with van der Waals surface area (Å²) >= 11 is 0. The first kappa shape index (κ1) is 25.1. The van der Waals surface area contributed by atoms with Gasteiger partial charge in [0, 0.05) is 38.1 Å². The topological polar surface area (TPSA) is 104 Å². The second kappa shape index (κ2) is 10.2. The Kier molecular flexibility index (Phi) is 8.01. The van der Waals surface area contributed by atoms with Gasteiger partial charge in [-0.25, -0.2) is 21.6 Å². The molecule has 2 saturated heterocycles. The van der Waals surface area contributed by atoms with Gasteiger partial charge in [-0.15, -0.1) is 0 Å². The molecule has 0 saturated carbocycles. The predicted molar refractivity (Wildman–Crippen MR) is 124 cm³/mol. The van der Waals surface area contributed by atoms with Gasteiger partial charge in [0.1, 0.15) is 0 Å². The number of rotatable bonds is 7. The van der Waals surface area contributed by atoms with Crippen molar-refractivity contribution in [2.45, 2.75) is 62.8 Å². The zero-order valence-corrected chi connectivity index (χ0v) is 20.8. The lowest BCUT2D eigenvalue weighted by atomic mass is 9.93. The molecular weight excluding hydrogens is 450 g/mol. The summed E-state index contributed by atoms with van der Waals surface area (Å²) in [6, 6.07) is 6.89. The first-order valence-corrected chi connectivity index (χ1v) is 14.7. The van der Waals surface area contributed by atoms with E-state index in [1.165, 1.54) is 4.31 Å². The van der Waals surface area contributed by atoms with Gasteiger partial charge in [-0.1, -0.05) is 26.0 Å². The van der Waals surface area contributed by atoms with Crippen molar-refractivity contribution in [3.05, 3.63) is 29.8 Å². The number of nitrogens with one attached hydrogen (secondary N) is 1. The summed E-state index contributed by atoms with van der Waals surface area (Å²) in [7, 11) is -6.90. The fourth-order valence-electron chi connectivity index (χ4n) is 4.50. The lowest BCUT2D eigenvalue weighted by Gasteiger charge is -2.39. The van der Waals surface area contributed by atoms with Gasteiger partial charge in [-0.2, -0.15) is 4.31 Å². The number of sulfonamides is 2. The molecule has 10 heteroatoms. The number of likely N-dealkylation sites (tertiary alicyclic amines) is 1. The fraction of sp³-hybridized carbons (Fsp3) is 0.682. The van der Waals surface area contributed by atoms with Crippen molar-refractivity contribution in [1.82, 2.24) is 13.9 Å². The molecule has 3 rings (SSSR count). The highest BCUT2D eigenvalue weighted by atomic mass is 32.2. The number of amides is 1. The Bertz CT molecular complexity index is 999. The van der Waals surface area contributed by atoms with Crippen molar-refractivity contribution in [3.63, 3.8) is 0 Å². The van der Waals surface area contributed by atoms with E-state index in [-0.39, 0.29) is 29.3 Å². The van der Waals surface area contributed by atoms with E-state index in [1.54, 1.807) is 17.0 Å².